The fraction of sp³-hybridized carbons (Fsp3) is 0.333. The Kier molecular flexibility index (Phi) is 4.71. The van der Waals surface area contributed by atoms with Crippen LogP contribution in [0.3, 0.4) is 0 Å². The third-order valence-corrected chi connectivity index (χ3v) is 7.68. The molecule has 3 heterocycles. The number of methoxy groups -OCH3 is 1. The number of anilines is 1. The SMILES string of the molecule is COC(=O)c1sccc1NC(=O)C1=Cc2sc3c(c2CS1)CCCC3. The average molecular weight is 392 g/mol. The highest BCUT2D eigenvalue weighted by Crippen LogP contribution is 2.42. The second-order valence-corrected chi connectivity index (χ2v) is 9.03. The highest BCUT2D eigenvalue weighted by atomic mass is 32.2. The van der Waals surface area contributed by atoms with Crippen LogP contribution in [0.15, 0.2) is 16.4 Å². The van der Waals surface area contributed by atoms with Crippen molar-refractivity contribution in [3.63, 3.8) is 0 Å². The molecular formula is C18H17NO3S3. The molecule has 0 radical (unpaired) electrons. The molecule has 7 heteroatoms. The smallest absolute Gasteiger partial charge is 0.350 e. The molecule has 2 aliphatic rings. The molecule has 0 unspecified atom stereocenters. The molecule has 1 amide bonds. The van der Waals surface area contributed by atoms with Crippen LogP contribution in [0.2, 0.25) is 0 Å². The number of hydrogen-bond acceptors (Lipinski definition) is 6. The molecular weight excluding hydrogens is 374 g/mol. The van der Waals surface area contributed by atoms with Crippen molar-refractivity contribution in [1.29, 1.82) is 0 Å². The molecule has 0 fully saturated rings. The number of aryl methyl sites for hydroxylation is 1. The molecule has 0 spiro atoms. The summed E-state index contributed by atoms with van der Waals surface area (Å²) in [4.78, 5) is 28.2. The minimum atomic E-state index is -0.427. The van der Waals surface area contributed by atoms with E-state index in [0.29, 0.717) is 15.5 Å². The number of amides is 1. The van der Waals surface area contributed by atoms with Crippen LogP contribution in [-0.2, 0) is 28.1 Å². The molecule has 4 rings (SSSR count). The largest absolute Gasteiger partial charge is 0.465 e. The van der Waals surface area contributed by atoms with E-state index in [9.17, 15) is 9.59 Å². The number of thiophene rings is 2. The van der Waals surface area contributed by atoms with Crippen LogP contribution >= 0.6 is 34.4 Å². The lowest BCUT2D eigenvalue weighted by Gasteiger charge is -2.16. The Morgan fingerprint density at radius 2 is 2.04 bits per heavy atom. The topological polar surface area (TPSA) is 55.4 Å². The van der Waals surface area contributed by atoms with Crippen LogP contribution in [0, 0.1) is 0 Å². The fourth-order valence-corrected chi connectivity index (χ4v) is 6.51. The van der Waals surface area contributed by atoms with Gasteiger partial charge in [-0.05, 0) is 54.3 Å². The number of rotatable bonds is 3. The highest BCUT2D eigenvalue weighted by Gasteiger charge is 2.25. The van der Waals surface area contributed by atoms with E-state index in [1.54, 1.807) is 23.2 Å². The Morgan fingerprint density at radius 3 is 2.88 bits per heavy atom. The molecule has 2 aromatic rings. The standard InChI is InChI=1S/C18H17NO3S3/c1-22-18(21)16-12(6-7-23-16)19-17(20)15-8-14-11(9-24-15)10-4-2-3-5-13(10)25-14/h6-8H,2-5,9H2,1H3,(H,19,20). The number of nitrogens with one attached hydrogen (secondary N) is 1. The van der Waals surface area contributed by atoms with Crippen molar-refractivity contribution in [2.24, 2.45) is 0 Å². The van der Waals surface area contributed by atoms with Gasteiger partial charge < -0.3 is 10.1 Å². The van der Waals surface area contributed by atoms with E-state index in [1.807, 2.05) is 17.4 Å². The van der Waals surface area contributed by atoms with Gasteiger partial charge >= 0.3 is 5.97 Å². The van der Waals surface area contributed by atoms with Crippen molar-refractivity contribution in [1.82, 2.24) is 0 Å². The summed E-state index contributed by atoms with van der Waals surface area (Å²) in [6.45, 7) is 0. The first-order valence-corrected chi connectivity index (χ1v) is 10.8. The van der Waals surface area contributed by atoms with Gasteiger partial charge in [-0.2, -0.15) is 0 Å². The Balaban J connectivity index is 1.57. The molecule has 1 aliphatic heterocycles. The summed E-state index contributed by atoms with van der Waals surface area (Å²) >= 11 is 4.68. The third kappa shape index (κ3) is 3.16. The van der Waals surface area contributed by atoms with Crippen LogP contribution in [0.1, 0.15) is 43.4 Å². The molecule has 0 saturated carbocycles. The zero-order chi connectivity index (χ0) is 17.4. The number of ether oxygens (including phenoxy) is 1. The van der Waals surface area contributed by atoms with Crippen LogP contribution in [0.5, 0.6) is 0 Å². The molecule has 2 aromatic heterocycles. The van der Waals surface area contributed by atoms with Gasteiger partial charge in [-0.3, -0.25) is 4.79 Å². The normalized spacial score (nSPS) is 15.8. The van der Waals surface area contributed by atoms with E-state index in [4.69, 9.17) is 4.74 Å². The molecule has 0 aromatic carbocycles. The summed E-state index contributed by atoms with van der Waals surface area (Å²) < 4.78 is 4.76. The summed E-state index contributed by atoms with van der Waals surface area (Å²) in [6, 6.07) is 1.73. The molecule has 1 aliphatic carbocycles. The summed E-state index contributed by atoms with van der Waals surface area (Å²) in [6.07, 6.45) is 6.89. The van der Waals surface area contributed by atoms with Crippen molar-refractivity contribution in [2.75, 3.05) is 12.4 Å². The number of hydrogen-bond donors (Lipinski definition) is 1. The Bertz CT molecular complexity index is 878. The minimum Gasteiger partial charge on any atom is -0.465 e. The van der Waals surface area contributed by atoms with Gasteiger partial charge in [0.25, 0.3) is 5.91 Å². The zero-order valence-electron chi connectivity index (χ0n) is 13.7. The first-order chi connectivity index (χ1) is 12.2. The first-order valence-electron chi connectivity index (χ1n) is 8.12. The summed E-state index contributed by atoms with van der Waals surface area (Å²) in [7, 11) is 1.34. The third-order valence-electron chi connectivity index (χ3n) is 4.45. The monoisotopic (exact) mass is 391 g/mol. The second kappa shape index (κ2) is 6.97. The van der Waals surface area contributed by atoms with Crippen LogP contribution in [0.25, 0.3) is 6.08 Å². The number of fused-ring (bicyclic) bond motifs is 3. The lowest BCUT2D eigenvalue weighted by atomic mass is 9.95. The fourth-order valence-electron chi connectivity index (χ4n) is 3.21. The van der Waals surface area contributed by atoms with Gasteiger partial charge in [0, 0.05) is 15.5 Å². The summed E-state index contributed by atoms with van der Waals surface area (Å²) in [5.74, 6) is 0.267. The molecule has 0 saturated heterocycles. The number of carbonyl (C=O) groups excluding carboxylic acids is 2. The van der Waals surface area contributed by atoms with Crippen molar-refractivity contribution >= 4 is 58.1 Å². The maximum Gasteiger partial charge on any atom is 0.350 e. The van der Waals surface area contributed by atoms with Gasteiger partial charge in [0.15, 0.2) is 0 Å². The highest BCUT2D eigenvalue weighted by molar-refractivity contribution is 8.03. The van der Waals surface area contributed by atoms with Gasteiger partial charge in [0.1, 0.15) is 4.88 Å². The van der Waals surface area contributed by atoms with E-state index < -0.39 is 5.97 Å². The van der Waals surface area contributed by atoms with E-state index in [2.05, 4.69) is 5.32 Å². The summed E-state index contributed by atoms with van der Waals surface area (Å²) in [5, 5.41) is 4.63. The number of esters is 1. The van der Waals surface area contributed by atoms with Crippen molar-refractivity contribution in [2.45, 2.75) is 31.4 Å². The number of thioether (sulfide) groups is 1. The minimum absolute atomic E-state index is 0.162. The Hall–Kier alpha value is -1.57. The number of carbonyl (C=O) groups is 2. The van der Waals surface area contributed by atoms with Crippen LogP contribution in [0.4, 0.5) is 5.69 Å². The molecule has 4 nitrogen and oxygen atoms in total. The van der Waals surface area contributed by atoms with Crippen molar-refractivity contribution in [3.8, 4) is 0 Å². The first kappa shape index (κ1) is 16.9. The van der Waals surface area contributed by atoms with Gasteiger partial charge in [-0.1, -0.05) is 0 Å². The van der Waals surface area contributed by atoms with Gasteiger partial charge in [-0.25, -0.2) is 4.79 Å². The molecule has 25 heavy (non-hydrogen) atoms. The maximum absolute atomic E-state index is 12.6. The van der Waals surface area contributed by atoms with Gasteiger partial charge in [0.05, 0.1) is 17.7 Å². The van der Waals surface area contributed by atoms with Crippen molar-refractivity contribution < 1.29 is 14.3 Å². The van der Waals surface area contributed by atoms with Crippen LogP contribution in [-0.4, -0.2) is 19.0 Å². The Labute approximate surface area is 158 Å². The summed E-state index contributed by atoms with van der Waals surface area (Å²) in [5.41, 5.74) is 3.46. The molecule has 130 valence electrons. The quantitative estimate of drug-likeness (QED) is 0.771. The van der Waals surface area contributed by atoms with E-state index in [1.165, 1.54) is 65.0 Å². The lowest BCUT2D eigenvalue weighted by Crippen LogP contribution is -2.16. The zero-order valence-corrected chi connectivity index (χ0v) is 16.2. The molecule has 0 bridgehead atoms. The van der Waals surface area contributed by atoms with E-state index in [0.717, 1.165) is 5.75 Å². The average Bonchev–Trinajstić information content (AvgIpc) is 3.24. The Morgan fingerprint density at radius 1 is 1.20 bits per heavy atom. The van der Waals surface area contributed by atoms with E-state index in [-0.39, 0.29) is 5.91 Å². The van der Waals surface area contributed by atoms with Gasteiger partial charge in [0.2, 0.25) is 0 Å². The molecule has 0 atom stereocenters. The predicted octanol–water partition coefficient (Wildman–Crippen LogP) is 4.70. The maximum atomic E-state index is 12.6. The van der Waals surface area contributed by atoms with Gasteiger partial charge in [-0.15, -0.1) is 34.4 Å². The molecule has 1 N–H and O–H groups in total. The lowest BCUT2D eigenvalue weighted by molar-refractivity contribution is -0.112. The predicted molar refractivity (Wildman–Crippen MR) is 105 cm³/mol. The second-order valence-electron chi connectivity index (χ2n) is 5.96. The van der Waals surface area contributed by atoms with Crippen molar-refractivity contribution in [3.05, 3.63) is 42.1 Å². The van der Waals surface area contributed by atoms with Crippen LogP contribution < -0.4 is 5.32 Å². The van der Waals surface area contributed by atoms with E-state index >= 15 is 0 Å².